The number of halogens is 1. The third-order valence-corrected chi connectivity index (χ3v) is 4.10. The van der Waals surface area contributed by atoms with E-state index in [9.17, 15) is 5.26 Å². The number of benzene rings is 1. The normalized spacial score (nSPS) is 29.9. The lowest BCUT2D eigenvalue weighted by Gasteiger charge is -2.28. The van der Waals surface area contributed by atoms with Crippen LogP contribution in [0.25, 0.3) is 0 Å². The molecule has 1 aromatic carbocycles. The quantitative estimate of drug-likeness (QED) is 0.908. The Morgan fingerprint density at radius 3 is 2.37 bits per heavy atom. The van der Waals surface area contributed by atoms with Crippen molar-refractivity contribution in [3.63, 3.8) is 0 Å². The summed E-state index contributed by atoms with van der Waals surface area (Å²) in [6.07, 6.45) is 1.80. The lowest BCUT2D eigenvalue weighted by atomic mass is 9.92. The Balaban J connectivity index is 2.13. The minimum absolute atomic E-state index is 0.00284. The van der Waals surface area contributed by atoms with Gasteiger partial charge in [0.05, 0.1) is 6.07 Å². The molecule has 1 N–H and O–H groups in total. The van der Waals surface area contributed by atoms with Crippen LogP contribution in [-0.4, -0.2) is 11.1 Å². The minimum atomic E-state index is -0.398. The Hall–Kier alpha value is -1.04. The smallest absolute Gasteiger partial charge is 0.113 e. The van der Waals surface area contributed by atoms with Crippen molar-refractivity contribution in [3.8, 4) is 6.07 Å². The van der Waals surface area contributed by atoms with Gasteiger partial charge in [0.2, 0.25) is 0 Å². The zero-order valence-electron chi connectivity index (χ0n) is 12.0. The van der Waals surface area contributed by atoms with E-state index < -0.39 is 5.54 Å². The van der Waals surface area contributed by atoms with Gasteiger partial charge in [0.25, 0.3) is 0 Å². The summed E-state index contributed by atoms with van der Waals surface area (Å²) >= 11 is 5.90. The first-order valence-electron chi connectivity index (χ1n) is 6.65. The van der Waals surface area contributed by atoms with Crippen LogP contribution in [0.15, 0.2) is 24.3 Å². The summed E-state index contributed by atoms with van der Waals surface area (Å²) < 4.78 is 0. The summed E-state index contributed by atoms with van der Waals surface area (Å²) in [5.74, 6) is 0. The highest BCUT2D eigenvalue weighted by Crippen LogP contribution is 2.58. The number of nitrogens with one attached hydrogen (secondary N) is 1. The Bertz CT molecular complexity index is 509. The molecule has 0 heterocycles. The van der Waals surface area contributed by atoms with Crippen molar-refractivity contribution < 1.29 is 0 Å². The predicted molar refractivity (Wildman–Crippen MR) is 79.1 cm³/mol. The average Bonchev–Trinajstić information content (AvgIpc) is 2.84. The van der Waals surface area contributed by atoms with Gasteiger partial charge in [-0.05, 0) is 51.3 Å². The second-order valence-electron chi connectivity index (χ2n) is 6.93. The lowest BCUT2D eigenvalue weighted by molar-refractivity contribution is 0.334. The van der Waals surface area contributed by atoms with Crippen LogP contribution in [0.2, 0.25) is 5.02 Å². The van der Waals surface area contributed by atoms with Crippen molar-refractivity contribution in [1.29, 1.82) is 5.26 Å². The van der Waals surface area contributed by atoms with E-state index in [0.29, 0.717) is 0 Å². The topological polar surface area (TPSA) is 35.8 Å². The first-order valence-corrected chi connectivity index (χ1v) is 7.03. The fourth-order valence-corrected chi connectivity index (χ4v) is 2.97. The molecule has 1 saturated carbocycles. The van der Waals surface area contributed by atoms with Gasteiger partial charge in [0.15, 0.2) is 0 Å². The monoisotopic (exact) mass is 276 g/mol. The Labute approximate surface area is 120 Å². The van der Waals surface area contributed by atoms with Crippen LogP contribution in [-0.2, 0) is 6.42 Å². The number of nitriles is 1. The SMILES string of the molecule is CC(C)(C)N[C@]1(C#N)C[C@]1(C)Cc1ccc(Cl)cc1. The fraction of sp³-hybridized carbons (Fsp3) is 0.562. The van der Waals surface area contributed by atoms with Crippen LogP contribution in [0.5, 0.6) is 0 Å². The number of rotatable bonds is 3. The maximum absolute atomic E-state index is 9.54. The Kier molecular flexibility index (Phi) is 3.41. The van der Waals surface area contributed by atoms with Gasteiger partial charge in [0, 0.05) is 16.0 Å². The van der Waals surface area contributed by atoms with Gasteiger partial charge in [0.1, 0.15) is 5.54 Å². The van der Waals surface area contributed by atoms with Crippen LogP contribution in [0, 0.1) is 16.7 Å². The van der Waals surface area contributed by atoms with Gasteiger partial charge in [-0.15, -0.1) is 0 Å². The van der Waals surface area contributed by atoms with Gasteiger partial charge in [-0.2, -0.15) is 5.26 Å². The molecule has 1 aliphatic rings. The lowest BCUT2D eigenvalue weighted by Crippen LogP contribution is -2.47. The van der Waals surface area contributed by atoms with Crippen LogP contribution >= 0.6 is 11.6 Å². The van der Waals surface area contributed by atoms with Crippen molar-refractivity contribution in [2.24, 2.45) is 5.41 Å². The highest BCUT2D eigenvalue weighted by Gasteiger charge is 2.65. The molecule has 0 unspecified atom stereocenters. The van der Waals surface area contributed by atoms with Gasteiger partial charge in [-0.1, -0.05) is 30.7 Å². The molecule has 3 heteroatoms. The highest BCUT2D eigenvalue weighted by atomic mass is 35.5. The molecular formula is C16H21ClN2. The Morgan fingerprint density at radius 2 is 1.89 bits per heavy atom. The zero-order chi connectivity index (χ0) is 14.3. The minimum Gasteiger partial charge on any atom is -0.294 e. The van der Waals surface area contributed by atoms with Crippen molar-refractivity contribution in [2.75, 3.05) is 0 Å². The van der Waals surface area contributed by atoms with Crippen molar-refractivity contribution in [3.05, 3.63) is 34.9 Å². The van der Waals surface area contributed by atoms with E-state index in [4.69, 9.17) is 11.6 Å². The second-order valence-corrected chi connectivity index (χ2v) is 7.37. The molecule has 2 atom stereocenters. The van der Waals surface area contributed by atoms with Gasteiger partial charge in [-0.25, -0.2) is 0 Å². The van der Waals surface area contributed by atoms with Gasteiger partial charge >= 0.3 is 0 Å². The van der Waals surface area contributed by atoms with Gasteiger partial charge in [-0.3, -0.25) is 5.32 Å². The van der Waals surface area contributed by atoms with E-state index in [2.05, 4.69) is 39.1 Å². The van der Waals surface area contributed by atoms with Crippen molar-refractivity contribution in [2.45, 2.75) is 51.6 Å². The molecule has 1 fully saturated rings. The fourth-order valence-electron chi connectivity index (χ4n) is 2.84. The van der Waals surface area contributed by atoms with E-state index in [-0.39, 0.29) is 11.0 Å². The number of hydrogen-bond donors (Lipinski definition) is 1. The van der Waals surface area contributed by atoms with Crippen molar-refractivity contribution in [1.82, 2.24) is 5.32 Å². The summed E-state index contributed by atoms with van der Waals surface area (Å²) in [6.45, 7) is 8.50. The van der Waals surface area contributed by atoms with Crippen LogP contribution in [0.4, 0.5) is 0 Å². The van der Waals surface area contributed by atoms with Crippen LogP contribution in [0.1, 0.15) is 39.7 Å². The van der Waals surface area contributed by atoms with E-state index in [1.54, 1.807) is 0 Å². The van der Waals surface area contributed by atoms with Crippen LogP contribution < -0.4 is 5.32 Å². The molecule has 0 spiro atoms. The molecule has 2 rings (SSSR count). The molecule has 0 aromatic heterocycles. The summed E-state index contributed by atoms with van der Waals surface area (Å²) in [7, 11) is 0. The van der Waals surface area contributed by atoms with E-state index in [1.165, 1.54) is 5.56 Å². The molecule has 0 bridgehead atoms. The molecule has 19 heavy (non-hydrogen) atoms. The van der Waals surface area contributed by atoms with E-state index in [1.807, 2.05) is 24.3 Å². The van der Waals surface area contributed by atoms with Crippen molar-refractivity contribution >= 4 is 11.6 Å². The summed E-state index contributed by atoms with van der Waals surface area (Å²) in [5.41, 5.74) is 0.793. The molecule has 2 nitrogen and oxygen atoms in total. The maximum atomic E-state index is 9.54. The highest BCUT2D eigenvalue weighted by molar-refractivity contribution is 6.30. The third kappa shape index (κ3) is 2.94. The standard InChI is InChI=1S/C16H21ClN2/c1-14(2,3)19-16(11-18)10-15(16,4)9-12-5-7-13(17)8-6-12/h5-8,19H,9-10H2,1-4H3/t15-,16-/m0/s1. The number of nitrogens with zero attached hydrogens (tertiary/aromatic N) is 1. The average molecular weight is 277 g/mol. The Morgan fingerprint density at radius 1 is 1.32 bits per heavy atom. The number of hydrogen-bond acceptors (Lipinski definition) is 2. The molecule has 0 radical (unpaired) electrons. The summed E-state index contributed by atoms with van der Waals surface area (Å²) in [5, 5.41) is 13.8. The second kappa shape index (κ2) is 4.51. The van der Waals surface area contributed by atoms with Crippen LogP contribution in [0.3, 0.4) is 0 Å². The molecule has 1 aliphatic carbocycles. The first kappa shape index (κ1) is 14.4. The molecule has 0 amide bonds. The molecule has 1 aromatic rings. The molecule has 102 valence electrons. The van der Waals surface area contributed by atoms with Gasteiger partial charge < -0.3 is 0 Å². The largest absolute Gasteiger partial charge is 0.294 e. The molecule has 0 aliphatic heterocycles. The summed E-state index contributed by atoms with van der Waals surface area (Å²) in [4.78, 5) is 0. The predicted octanol–water partition coefficient (Wildman–Crippen LogP) is 3.94. The van der Waals surface area contributed by atoms with E-state index >= 15 is 0 Å². The van der Waals surface area contributed by atoms with E-state index in [0.717, 1.165) is 17.9 Å². The summed E-state index contributed by atoms with van der Waals surface area (Å²) in [6, 6.07) is 10.4. The zero-order valence-corrected chi connectivity index (χ0v) is 12.8. The maximum Gasteiger partial charge on any atom is 0.113 e. The first-order chi connectivity index (χ1) is 8.70. The molecular weight excluding hydrogens is 256 g/mol. The third-order valence-electron chi connectivity index (χ3n) is 3.85. The molecule has 0 saturated heterocycles.